The summed E-state index contributed by atoms with van der Waals surface area (Å²) in [7, 11) is 1.76. The molecular weight excluding hydrogens is 372 g/mol. The molecule has 10 heteroatoms. The number of piperidine rings is 1. The predicted octanol–water partition coefficient (Wildman–Crippen LogP) is 1.28. The zero-order chi connectivity index (χ0) is 20.5. The number of nitrogens with zero attached hydrogens (tertiary/aromatic N) is 5. The summed E-state index contributed by atoms with van der Waals surface area (Å²) in [6, 6.07) is 5.65. The van der Waals surface area contributed by atoms with Crippen LogP contribution in [0.4, 0.5) is 23.1 Å². The summed E-state index contributed by atoms with van der Waals surface area (Å²) in [4.78, 5) is 22.9. The number of aliphatic hydroxyl groups excluding tert-OH is 1. The zero-order valence-corrected chi connectivity index (χ0v) is 16.4. The Labute approximate surface area is 167 Å². The van der Waals surface area contributed by atoms with Crippen LogP contribution < -0.4 is 21.3 Å². The number of anilines is 4. The third kappa shape index (κ3) is 3.79. The Hall–Kier alpha value is -3.40. The second-order valence-electron chi connectivity index (χ2n) is 7.16. The van der Waals surface area contributed by atoms with Gasteiger partial charge in [-0.15, -0.1) is 0 Å². The van der Waals surface area contributed by atoms with E-state index < -0.39 is 5.91 Å². The second-order valence-corrected chi connectivity index (χ2v) is 7.16. The van der Waals surface area contributed by atoms with Crippen molar-refractivity contribution in [2.75, 3.05) is 35.7 Å². The molecule has 5 N–H and O–H groups in total. The summed E-state index contributed by atoms with van der Waals surface area (Å²) in [5.41, 5.74) is 7.73. The summed E-state index contributed by atoms with van der Waals surface area (Å²) in [6.45, 7) is 3.35. The average Bonchev–Trinajstić information content (AvgIpc) is 3.11. The minimum Gasteiger partial charge on any atom is -0.391 e. The summed E-state index contributed by atoms with van der Waals surface area (Å²) in [6.07, 6.45) is 2.82. The molecule has 0 aromatic carbocycles. The molecule has 0 bridgehead atoms. The van der Waals surface area contributed by atoms with E-state index >= 15 is 0 Å². The van der Waals surface area contributed by atoms with E-state index in [0.29, 0.717) is 23.8 Å². The fraction of sp³-hybridized carbons (Fsp3) is 0.368. The SMILES string of the molecule is CNc1cc(Nc2cc(C)nc(N3CCC[C@@H](O)C3)c2)nc2c(C(N)=O)cnn12. The largest absolute Gasteiger partial charge is 0.391 e. The van der Waals surface area contributed by atoms with Gasteiger partial charge in [0.1, 0.15) is 23.0 Å². The van der Waals surface area contributed by atoms with Crippen LogP contribution in [0.25, 0.3) is 5.65 Å². The zero-order valence-electron chi connectivity index (χ0n) is 16.4. The Morgan fingerprint density at radius 2 is 2.14 bits per heavy atom. The maximum absolute atomic E-state index is 11.7. The van der Waals surface area contributed by atoms with E-state index in [-0.39, 0.29) is 11.7 Å². The smallest absolute Gasteiger partial charge is 0.254 e. The number of pyridine rings is 1. The number of rotatable bonds is 5. The van der Waals surface area contributed by atoms with E-state index in [1.165, 1.54) is 10.7 Å². The molecule has 0 unspecified atom stereocenters. The molecule has 1 amide bonds. The number of hydrogen-bond acceptors (Lipinski definition) is 8. The van der Waals surface area contributed by atoms with Crippen LogP contribution in [0.15, 0.2) is 24.4 Å². The number of fused-ring (bicyclic) bond motifs is 1. The van der Waals surface area contributed by atoms with E-state index in [1.54, 1.807) is 13.1 Å². The van der Waals surface area contributed by atoms with Crippen LogP contribution in [0, 0.1) is 6.92 Å². The number of carbonyl (C=O) groups is 1. The van der Waals surface area contributed by atoms with Gasteiger partial charge in [-0.25, -0.2) is 9.97 Å². The van der Waals surface area contributed by atoms with Crippen LogP contribution in [-0.2, 0) is 0 Å². The number of primary amides is 1. The van der Waals surface area contributed by atoms with Gasteiger partial charge < -0.3 is 26.4 Å². The lowest BCUT2D eigenvalue weighted by Crippen LogP contribution is -2.38. The molecule has 1 aliphatic rings. The van der Waals surface area contributed by atoms with Crippen molar-refractivity contribution in [2.45, 2.75) is 25.9 Å². The van der Waals surface area contributed by atoms with Gasteiger partial charge in [-0.1, -0.05) is 0 Å². The normalized spacial score (nSPS) is 16.8. The highest BCUT2D eigenvalue weighted by molar-refractivity contribution is 5.99. The van der Waals surface area contributed by atoms with Crippen molar-refractivity contribution in [3.8, 4) is 0 Å². The number of aliphatic hydroxyl groups is 1. The van der Waals surface area contributed by atoms with Gasteiger partial charge in [0.25, 0.3) is 5.91 Å². The Bertz CT molecular complexity index is 1060. The number of carbonyl (C=O) groups excluding carboxylic acids is 1. The molecule has 1 aliphatic heterocycles. The summed E-state index contributed by atoms with van der Waals surface area (Å²) < 4.78 is 1.53. The third-order valence-electron chi connectivity index (χ3n) is 4.93. The molecule has 4 rings (SSSR count). The Morgan fingerprint density at radius 3 is 2.86 bits per heavy atom. The van der Waals surface area contributed by atoms with Crippen LogP contribution in [0.3, 0.4) is 0 Å². The molecule has 0 radical (unpaired) electrons. The predicted molar refractivity (Wildman–Crippen MR) is 111 cm³/mol. The number of aryl methyl sites for hydroxylation is 1. The summed E-state index contributed by atoms with van der Waals surface area (Å²) in [5, 5.41) is 20.5. The van der Waals surface area contributed by atoms with Gasteiger partial charge >= 0.3 is 0 Å². The van der Waals surface area contributed by atoms with Crippen molar-refractivity contribution < 1.29 is 9.90 Å². The van der Waals surface area contributed by atoms with Gasteiger partial charge in [0.2, 0.25) is 0 Å². The number of β-amino-alcohol motifs (C(OH)–C–C–N with tert-alkyl or cyclic N) is 1. The standard InChI is InChI=1S/C19H24N8O2/c1-11-6-12(7-17(23-11)26-5-3-4-13(28)10-26)24-15-8-16(21-2)27-19(25-15)14(9-22-27)18(20)29/h6-9,13,21,28H,3-5,10H2,1-2H3,(H2,20,29)(H,23,24,25)/t13-/m1/s1. The second kappa shape index (κ2) is 7.55. The molecule has 1 fully saturated rings. The van der Waals surface area contributed by atoms with Gasteiger partial charge in [-0.05, 0) is 25.8 Å². The number of nitrogens with two attached hydrogens (primary N) is 1. The van der Waals surface area contributed by atoms with E-state index in [4.69, 9.17) is 5.73 Å². The van der Waals surface area contributed by atoms with Crippen molar-refractivity contribution in [1.29, 1.82) is 0 Å². The quantitative estimate of drug-likeness (QED) is 0.507. The maximum Gasteiger partial charge on any atom is 0.254 e. The Balaban J connectivity index is 1.69. The number of hydrogen-bond donors (Lipinski definition) is 4. The number of nitrogens with one attached hydrogen (secondary N) is 2. The lowest BCUT2D eigenvalue weighted by molar-refractivity contribution is 0.100. The van der Waals surface area contributed by atoms with Crippen molar-refractivity contribution in [3.05, 3.63) is 35.7 Å². The first-order valence-corrected chi connectivity index (χ1v) is 9.49. The highest BCUT2D eigenvalue weighted by Gasteiger charge is 2.20. The van der Waals surface area contributed by atoms with Gasteiger partial charge in [0.15, 0.2) is 5.65 Å². The fourth-order valence-electron chi connectivity index (χ4n) is 3.57. The topological polar surface area (TPSA) is 134 Å². The van der Waals surface area contributed by atoms with Crippen LogP contribution in [0.1, 0.15) is 28.9 Å². The van der Waals surface area contributed by atoms with Gasteiger partial charge in [0.05, 0.1) is 12.3 Å². The summed E-state index contributed by atoms with van der Waals surface area (Å²) >= 11 is 0. The van der Waals surface area contributed by atoms with Crippen molar-refractivity contribution in [3.63, 3.8) is 0 Å². The first-order chi connectivity index (χ1) is 13.9. The molecule has 0 saturated carbocycles. The first kappa shape index (κ1) is 18.9. The van der Waals surface area contributed by atoms with E-state index in [9.17, 15) is 9.90 Å². The van der Waals surface area contributed by atoms with Gasteiger partial charge in [0, 0.05) is 43.7 Å². The van der Waals surface area contributed by atoms with Crippen LogP contribution in [0.5, 0.6) is 0 Å². The molecule has 152 valence electrons. The first-order valence-electron chi connectivity index (χ1n) is 9.49. The van der Waals surface area contributed by atoms with Gasteiger partial charge in [-0.2, -0.15) is 9.61 Å². The molecule has 10 nitrogen and oxygen atoms in total. The lowest BCUT2D eigenvalue weighted by Gasteiger charge is -2.31. The molecule has 29 heavy (non-hydrogen) atoms. The highest BCUT2D eigenvalue weighted by atomic mass is 16.3. The van der Waals surface area contributed by atoms with E-state index in [1.807, 2.05) is 19.1 Å². The van der Waals surface area contributed by atoms with E-state index in [2.05, 4.69) is 30.6 Å². The maximum atomic E-state index is 11.7. The van der Waals surface area contributed by atoms with Gasteiger partial charge in [-0.3, -0.25) is 4.79 Å². The molecule has 0 spiro atoms. The van der Waals surface area contributed by atoms with Crippen LogP contribution in [0.2, 0.25) is 0 Å². The van der Waals surface area contributed by atoms with Crippen molar-refractivity contribution in [2.24, 2.45) is 5.73 Å². The van der Waals surface area contributed by atoms with Crippen LogP contribution >= 0.6 is 0 Å². The molecule has 1 atom stereocenters. The average molecular weight is 396 g/mol. The third-order valence-corrected chi connectivity index (χ3v) is 4.93. The Kier molecular flexibility index (Phi) is 4.93. The molecule has 3 aromatic heterocycles. The van der Waals surface area contributed by atoms with Crippen LogP contribution in [-0.4, -0.2) is 56.8 Å². The van der Waals surface area contributed by atoms with E-state index in [0.717, 1.165) is 36.6 Å². The monoisotopic (exact) mass is 396 g/mol. The minimum absolute atomic E-state index is 0.249. The highest BCUT2D eigenvalue weighted by Crippen LogP contribution is 2.26. The fourth-order valence-corrected chi connectivity index (χ4v) is 3.57. The molecule has 4 heterocycles. The molecule has 3 aromatic rings. The minimum atomic E-state index is -0.586. The van der Waals surface area contributed by atoms with Crippen molar-refractivity contribution in [1.82, 2.24) is 19.6 Å². The molecule has 1 saturated heterocycles. The number of aromatic nitrogens is 4. The van der Waals surface area contributed by atoms with Crippen molar-refractivity contribution >= 4 is 34.7 Å². The molecular formula is C19H24N8O2. The molecule has 0 aliphatic carbocycles. The summed E-state index contributed by atoms with van der Waals surface area (Å²) in [5.74, 6) is 1.43. The Morgan fingerprint density at radius 1 is 1.31 bits per heavy atom. The lowest BCUT2D eigenvalue weighted by atomic mass is 10.1. The number of amides is 1.